The van der Waals surface area contributed by atoms with Crippen molar-refractivity contribution in [3.63, 3.8) is 0 Å². The van der Waals surface area contributed by atoms with Crippen LogP contribution < -0.4 is 4.90 Å². The summed E-state index contributed by atoms with van der Waals surface area (Å²) >= 11 is 0. The van der Waals surface area contributed by atoms with E-state index in [9.17, 15) is 14.7 Å². The van der Waals surface area contributed by atoms with Gasteiger partial charge in [-0.1, -0.05) is 24.3 Å². The number of nitrogens with zero attached hydrogens (tertiary/aromatic N) is 2. The number of benzene rings is 2. The summed E-state index contributed by atoms with van der Waals surface area (Å²) in [6.45, 7) is 3.27. The predicted molar refractivity (Wildman–Crippen MR) is 99.4 cm³/mol. The van der Waals surface area contributed by atoms with Crippen LogP contribution in [0.5, 0.6) is 5.75 Å². The molecule has 5 nitrogen and oxygen atoms in total. The van der Waals surface area contributed by atoms with Gasteiger partial charge in [0, 0.05) is 18.8 Å². The molecular weight excluding hydrogens is 328 g/mol. The second kappa shape index (κ2) is 6.48. The number of phenolic OH excluding ortho intramolecular Hbond substituents is 1. The topological polar surface area (TPSA) is 60.9 Å². The summed E-state index contributed by atoms with van der Waals surface area (Å²) in [5, 5.41) is 10.00. The van der Waals surface area contributed by atoms with Crippen LogP contribution in [0.1, 0.15) is 34.3 Å². The molecule has 2 aromatic carbocycles. The predicted octanol–water partition coefficient (Wildman–Crippen LogP) is 2.89. The Morgan fingerprint density at radius 1 is 1.08 bits per heavy atom. The van der Waals surface area contributed by atoms with E-state index < -0.39 is 6.04 Å². The molecule has 0 spiro atoms. The maximum Gasteiger partial charge on any atom is 0.258 e. The smallest absolute Gasteiger partial charge is 0.258 e. The number of fused-ring (bicyclic) bond motifs is 1. The lowest BCUT2D eigenvalue weighted by Gasteiger charge is -2.28. The number of likely N-dealkylation sites (tertiary alicyclic amines) is 1. The van der Waals surface area contributed by atoms with Crippen LogP contribution in [0.4, 0.5) is 5.69 Å². The van der Waals surface area contributed by atoms with E-state index in [0.717, 1.165) is 18.5 Å². The molecular formula is C21H22N2O3. The highest BCUT2D eigenvalue weighted by Crippen LogP contribution is 2.33. The molecule has 0 saturated carbocycles. The third-order valence-electron chi connectivity index (χ3n) is 5.46. The molecule has 2 heterocycles. The van der Waals surface area contributed by atoms with Crippen molar-refractivity contribution in [2.45, 2.75) is 32.2 Å². The number of carbonyl (C=O) groups is 2. The van der Waals surface area contributed by atoms with Gasteiger partial charge in [0.2, 0.25) is 5.91 Å². The molecule has 2 aliphatic heterocycles. The molecule has 1 fully saturated rings. The van der Waals surface area contributed by atoms with Crippen LogP contribution in [-0.2, 0) is 11.2 Å². The maximum atomic E-state index is 13.2. The monoisotopic (exact) mass is 350 g/mol. The van der Waals surface area contributed by atoms with E-state index in [0.29, 0.717) is 19.5 Å². The van der Waals surface area contributed by atoms with E-state index in [2.05, 4.69) is 13.0 Å². The van der Waals surface area contributed by atoms with Gasteiger partial charge < -0.3 is 14.9 Å². The number of para-hydroxylation sites is 1. The van der Waals surface area contributed by atoms with Crippen molar-refractivity contribution in [2.24, 2.45) is 0 Å². The Kier molecular flexibility index (Phi) is 4.15. The zero-order chi connectivity index (χ0) is 18.3. The molecule has 4 rings (SSSR count). The second-order valence-corrected chi connectivity index (χ2v) is 6.99. The highest BCUT2D eigenvalue weighted by Gasteiger charge is 2.39. The Morgan fingerprint density at radius 2 is 1.88 bits per heavy atom. The molecule has 1 N–H and O–H groups in total. The van der Waals surface area contributed by atoms with Crippen LogP contribution >= 0.6 is 0 Å². The summed E-state index contributed by atoms with van der Waals surface area (Å²) in [4.78, 5) is 29.6. The minimum Gasteiger partial charge on any atom is -0.507 e. The van der Waals surface area contributed by atoms with Crippen LogP contribution in [0, 0.1) is 6.92 Å². The van der Waals surface area contributed by atoms with Crippen molar-refractivity contribution in [3.8, 4) is 5.75 Å². The number of rotatable bonds is 2. The minimum absolute atomic E-state index is 0.0179. The van der Waals surface area contributed by atoms with E-state index in [1.807, 2.05) is 17.0 Å². The van der Waals surface area contributed by atoms with Crippen molar-refractivity contribution in [2.75, 3.05) is 18.0 Å². The molecule has 134 valence electrons. The van der Waals surface area contributed by atoms with Crippen LogP contribution in [0.2, 0.25) is 0 Å². The normalized spacial score (nSPS) is 18.9. The average molecular weight is 350 g/mol. The number of carbonyl (C=O) groups excluding carboxylic acids is 2. The van der Waals surface area contributed by atoms with E-state index in [4.69, 9.17) is 0 Å². The fourth-order valence-electron chi connectivity index (χ4n) is 4.09. The van der Waals surface area contributed by atoms with Crippen molar-refractivity contribution in [1.82, 2.24) is 4.90 Å². The molecule has 0 aromatic heterocycles. The number of aromatic hydroxyl groups is 1. The van der Waals surface area contributed by atoms with Crippen molar-refractivity contribution in [1.29, 1.82) is 0 Å². The van der Waals surface area contributed by atoms with Crippen LogP contribution in [0.3, 0.4) is 0 Å². The van der Waals surface area contributed by atoms with Gasteiger partial charge in [-0.3, -0.25) is 9.59 Å². The van der Waals surface area contributed by atoms with Gasteiger partial charge in [-0.05, 0) is 55.5 Å². The Morgan fingerprint density at radius 3 is 2.69 bits per heavy atom. The summed E-state index contributed by atoms with van der Waals surface area (Å²) in [7, 11) is 0. The lowest BCUT2D eigenvalue weighted by atomic mass is 10.1. The van der Waals surface area contributed by atoms with Gasteiger partial charge in [-0.2, -0.15) is 0 Å². The summed E-state index contributed by atoms with van der Waals surface area (Å²) in [5.41, 5.74) is 3.64. The molecule has 2 amide bonds. The molecule has 5 heteroatoms. The summed E-state index contributed by atoms with van der Waals surface area (Å²) in [6.07, 6.45) is 2.31. The molecule has 1 unspecified atom stereocenters. The van der Waals surface area contributed by atoms with Gasteiger partial charge in [-0.25, -0.2) is 0 Å². The first-order valence-corrected chi connectivity index (χ1v) is 9.07. The van der Waals surface area contributed by atoms with E-state index in [1.54, 1.807) is 23.1 Å². The molecule has 1 atom stereocenters. The number of hydrogen-bond donors (Lipinski definition) is 1. The van der Waals surface area contributed by atoms with E-state index in [-0.39, 0.29) is 23.1 Å². The number of hydrogen-bond acceptors (Lipinski definition) is 3. The fraction of sp³-hybridized carbons (Fsp3) is 0.333. The first-order valence-electron chi connectivity index (χ1n) is 9.07. The standard InChI is InChI=1S/C21H22N2O3/c1-14-6-4-8-17-15(14)11-13-23(17)21(26)18-9-5-12-22(18)20(25)16-7-2-3-10-19(16)24/h2-4,6-8,10,18,24H,5,9,11-13H2,1H3. The summed E-state index contributed by atoms with van der Waals surface area (Å²) < 4.78 is 0. The lowest BCUT2D eigenvalue weighted by Crippen LogP contribution is -2.47. The first kappa shape index (κ1) is 16.6. The summed E-state index contributed by atoms with van der Waals surface area (Å²) in [6, 6.07) is 12.1. The molecule has 0 bridgehead atoms. The number of amides is 2. The Hall–Kier alpha value is -2.82. The molecule has 1 saturated heterocycles. The Balaban J connectivity index is 1.60. The van der Waals surface area contributed by atoms with Crippen molar-refractivity contribution >= 4 is 17.5 Å². The van der Waals surface area contributed by atoms with Gasteiger partial charge >= 0.3 is 0 Å². The fourth-order valence-corrected chi connectivity index (χ4v) is 4.09. The maximum absolute atomic E-state index is 13.2. The van der Waals surface area contributed by atoms with Gasteiger partial charge in [0.05, 0.1) is 5.56 Å². The number of aryl methyl sites for hydroxylation is 1. The lowest BCUT2D eigenvalue weighted by molar-refractivity contribution is -0.122. The van der Waals surface area contributed by atoms with E-state index in [1.165, 1.54) is 17.2 Å². The van der Waals surface area contributed by atoms with Crippen LogP contribution in [0.25, 0.3) is 0 Å². The van der Waals surface area contributed by atoms with Gasteiger partial charge in [0.15, 0.2) is 0 Å². The zero-order valence-electron chi connectivity index (χ0n) is 14.8. The van der Waals surface area contributed by atoms with Gasteiger partial charge in [0.1, 0.15) is 11.8 Å². The van der Waals surface area contributed by atoms with E-state index >= 15 is 0 Å². The first-order chi connectivity index (χ1) is 12.6. The zero-order valence-corrected chi connectivity index (χ0v) is 14.8. The Labute approximate surface area is 152 Å². The summed E-state index contributed by atoms with van der Waals surface area (Å²) in [5.74, 6) is -0.337. The molecule has 26 heavy (non-hydrogen) atoms. The number of phenols is 1. The average Bonchev–Trinajstić information content (AvgIpc) is 3.29. The van der Waals surface area contributed by atoms with Crippen molar-refractivity contribution < 1.29 is 14.7 Å². The highest BCUT2D eigenvalue weighted by molar-refractivity contribution is 6.04. The minimum atomic E-state index is -0.464. The molecule has 0 aliphatic carbocycles. The third kappa shape index (κ3) is 2.64. The van der Waals surface area contributed by atoms with Crippen LogP contribution in [-0.4, -0.2) is 41.0 Å². The molecule has 2 aliphatic rings. The highest BCUT2D eigenvalue weighted by atomic mass is 16.3. The third-order valence-corrected chi connectivity index (χ3v) is 5.46. The molecule has 0 radical (unpaired) electrons. The SMILES string of the molecule is Cc1cccc2c1CCN2C(=O)C1CCCN1C(=O)c1ccccc1O. The second-order valence-electron chi connectivity index (χ2n) is 6.99. The number of anilines is 1. The quantitative estimate of drug-likeness (QED) is 0.906. The largest absolute Gasteiger partial charge is 0.507 e. The van der Waals surface area contributed by atoms with Gasteiger partial charge in [-0.15, -0.1) is 0 Å². The van der Waals surface area contributed by atoms with Crippen molar-refractivity contribution in [3.05, 3.63) is 59.2 Å². The Bertz CT molecular complexity index is 877. The van der Waals surface area contributed by atoms with Crippen LogP contribution in [0.15, 0.2) is 42.5 Å². The molecule has 2 aromatic rings. The van der Waals surface area contributed by atoms with Gasteiger partial charge in [0.25, 0.3) is 5.91 Å².